The normalized spacial score (nSPS) is 11.2. The average molecular weight is 447 g/mol. The highest BCUT2D eigenvalue weighted by Gasteiger charge is 2.18. The zero-order valence-corrected chi connectivity index (χ0v) is 18.5. The third kappa shape index (κ3) is 4.17. The van der Waals surface area contributed by atoms with Crippen LogP contribution in [-0.4, -0.2) is 27.0 Å². The van der Waals surface area contributed by atoms with Gasteiger partial charge in [-0.2, -0.15) is 10.2 Å². The molecule has 0 unspecified atom stereocenters. The van der Waals surface area contributed by atoms with Crippen LogP contribution in [0.25, 0.3) is 27.7 Å². The Morgan fingerprint density at radius 2 is 1.68 bits per heavy atom. The number of aromatic hydroxyl groups is 1. The van der Waals surface area contributed by atoms with Gasteiger partial charge in [-0.1, -0.05) is 72.3 Å². The maximum absolute atomic E-state index is 12.9. The number of nitrogens with one attached hydrogen (secondary N) is 1. The fourth-order valence-corrected chi connectivity index (χ4v) is 3.83. The zero-order chi connectivity index (χ0) is 23.5. The van der Waals surface area contributed by atoms with E-state index in [4.69, 9.17) is 0 Å². The summed E-state index contributed by atoms with van der Waals surface area (Å²) in [6.07, 6.45) is 1.40. The summed E-state index contributed by atoms with van der Waals surface area (Å²) in [7, 11) is 0. The number of hydrogen-bond acceptors (Lipinski definition) is 4. The Morgan fingerprint density at radius 1 is 0.941 bits per heavy atom. The number of hydrogen-bond donors (Lipinski definition) is 2. The molecule has 34 heavy (non-hydrogen) atoms. The summed E-state index contributed by atoms with van der Waals surface area (Å²) in [4.78, 5) is 12.9. The van der Waals surface area contributed by atoms with Crippen molar-refractivity contribution in [1.29, 1.82) is 0 Å². The van der Waals surface area contributed by atoms with Gasteiger partial charge in [-0.3, -0.25) is 4.79 Å². The minimum Gasteiger partial charge on any atom is -0.507 e. The molecule has 0 aliphatic heterocycles. The number of carbonyl (C=O) groups is 1. The maximum atomic E-state index is 12.9. The number of fused-ring (bicyclic) bond motifs is 1. The van der Waals surface area contributed by atoms with Crippen LogP contribution in [0.15, 0.2) is 102 Å². The molecule has 1 heterocycles. The summed E-state index contributed by atoms with van der Waals surface area (Å²) in [5, 5.41) is 20.7. The van der Waals surface area contributed by atoms with E-state index >= 15 is 0 Å². The monoisotopic (exact) mass is 446 g/mol. The lowest BCUT2D eigenvalue weighted by molar-refractivity contribution is 0.0949. The number of aromatic nitrogens is 2. The molecule has 0 aliphatic rings. The van der Waals surface area contributed by atoms with E-state index in [1.165, 1.54) is 6.21 Å². The summed E-state index contributed by atoms with van der Waals surface area (Å²) < 4.78 is 1.78. The molecule has 0 saturated carbocycles. The molecule has 6 heteroatoms. The molecule has 5 rings (SSSR count). The molecular formula is C28H22N4O2. The van der Waals surface area contributed by atoms with Crippen molar-refractivity contribution in [2.75, 3.05) is 0 Å². The van der Waals surface area contributed by atoms with Gasteiger partial charge >= 0.3 is 0 Å². The van der Waals surface area contributed by atoms with E-state index in [2.05, 4.69) is 33.8 Å². The molecule has 0 radical (unpaired) electrons. The summed E-state index contributed by atoms with van der Waals surface area (Å²) in [5.74, 6) is -0.360. The first-order valence-electron chi connectivity index (χ1n) is 10.9. The second-order valence-electron chi connectivity index (χ2n) is 7.95. The first-order valence-corrected chi connectivity index (χ1v) is 10.9. The first-order chi connectivity index (χ1) is 16.6. The lowest BCUT2D eigenvalue weighted by Gasteiger charge is -2.10. The molecule has 1 aromatic heterocycles. The fourth-order valence-electron chi connectivity index (χ4n) is 3.83. The van der Waals surface area contributed by atoms with Gasteiger partial charge in [0.1, 0.15) is 5.75 Å². The lowest BCUT2D eigenvalue weighted by Crippen LogP contribution is -2.18. The van der Waals surface area contributed by atoms with Gasteiger partial charge in [0.2, 0.25) is 0 Å². The maximum Gasteiger partial charge on any atom is 0.291 e. The van der Waals surface area contributed by atoms with Crippen molar-refractivity contribution in [3.63, 3.8) is 0 Å². The molecule has 0 saturated heterocycles. The highest BCUT2D eigenvalue weighted by Crippen LogP contribution is 2.31. The number of carbonyl (C=O) groups excluding carboxylic acids is 1. The van der Waals surface area contributed by atoms with Gasteiger partial charge in [-0.05, 0) is 48.0 Å². The highest BCUT2D eigenvalue weighted by molar-refractivity contribution is 5.99. The second kappa shape index (κ2) is 9.03. The van der Waals surface area contributed by atoms with Gasteiger partial charge in [0, 0.05) is 11.1 Å². The standard InChI is InChI=1S/C28H22N4O2/c1-19-13-15-22(16-14-19)32-26(24-11-6-9-20-7-2-4-10-23(20)24)17-25(31-32)28(34)30-29-18-21-8-3-5-12-27(21)33/h2-18,33H,1H3,(H,30,34)/b29-18-. The summed E-state index contributed by atoms with van der Waals surface area (Å²) in [6, 6.07) is 30.7. The van der Waals surface area contributed by atoms with E-state index < -0.39 is 5.91 Å². The van der Waals surface area contributed by atoms with E-state index in [9.17, 15) is 9.90 Å². The molecule has 5 aromatic rings. The first kappa shape index (κ1) is 21.2. The van der Waals surface area contributed by atoms with Crippen LogP contribution in [-0.2, 0) is 0 Å². The number of para-hydroxylation sites is 1. The zero-order valence-electron chi connectivity index (χ0n) is 18.5. The lowest BCUT2D eigenvalue weighted by atomic mass is 10.0. The molecule has 4 aromatic carbocycles. The molecular weight excluding hydrogens is 424 g/mol. The van der Waals surface area contributed by atoms with Gasteiger partial charge in [0.15, 0.2) is 5.69 Å². The van der Waals surface area contributed by atoms with Crippen molar-refractivity contribution < 1.29 is 9.90 Å². The van der Waals surface area contributed by atoms with Gasteiger partial charge in [-0.25, -0.2) is 10.1 Å². The quantitative estimate of drug-likeness (QED) is 0.278. The van der Waals surface area contributed by atoms with Crippen LogP contribution in [0.1, 0.15) is 21.6 Å². The van der Waals surface area contributed by atoms with Crippen LogP contribution < -0.4 is 5.43 Å². The molecule has 0 spiro atoms. The molecule has 0 atom stereocenters. The number of aryl methyl sites for hydroxylation is 1. The predicted molar refractivity (Wildman–Crippen MR) is 134 cm³/mol. The van der Waals surface area contributed by atoms with E-state index in [0.29, 0.717) is 5.56 Å². The van der Waals surface area contributed by atoms with Crippen LogP contribution in [0, 0.1) is 6.92 Å². The highest BCUT2D eigenvalue weighted by atomic mass is 16.3. The smallest absolute Gasteiger partial charge is 0.291 e. The Kier molecular flexibility index (Phi) is 5.62. The topological polar surface area (TPSA) is 79.5 Å². The van der Waals surface area contributed by atoms with Crippen LogP contribution in [0.4, 0.5) is 0 Å². The minimum atomic E-state index is -0.445. The molecule has 0 aliphatic carbocycles. The molecule has 166 valence electrons. The van der Waals surface area contributed by atoms with Crippen LogP contribution >= 0.6 is 0 Å². The Morgan fingerprint density at radius 3 is 2.50 bits per heavy atom. The Bertz CT molecular complexity index is 1510. The van der Waals surface area contributed by atoms with Crippen LogP contribution in [0.5, 0.6) is 5.75 Å². The third-order valence-corrected chi connectivity index (χ3v) is 5.59. The van der Waals surface area contributed by atoms with Crippen molar-refractivity contribution in [1.82, 2.24) is 15.2 Å². The Balaban J connectivity index is 1.55. The molecule has 2 N–H and O–H groups in total. The van der Waals surface area contributed by atoms with Crippen LogP contribution in [0.3, 0.4) is 0 Å². The predicted octanol–water partition coefficient (Wildman–Crippen LogP) is 5.47. The van der Waals surface area contributed by atoms with Gasteiger partial charge in [0.05, 0.1) is 17.6 Å². The third-order valence-electron chi connectivity index (χ3n) is 5.59. The van der Waals surface area contributed by atoms with Crippen molar-refractivity contribution in [2.45, 2.75) is 6.92 Å². The number of amides is 1. The van der Waals surface area contributed by atoms with E-state index in [0.717, 1.165) is 33.3 Å². The molecule has 6 nitrogen and oxygen atoms in total. The van der Waals surface area contributed by atoms with Crippen molar-refractivity contribution in [3.05, 3.63) is 114 Å². The number of benzene rings is 4. The molecule has 0 bridgehead atoms. The Labute approximate surface area is 196 Å². The summed E-state index contributed by atoms with van der Waals surface area (Å²) in [5.41, 5.74) is 7.01. The summed E-state index contributed by atoms with van der Waals surface area (Å²) >= 11 is 0. The average Bonchev–Trinajstić information content (AvgIpc) is 3.31. The van der Waals surface area contributed by atoms with E-state index in [-0.39, 0.29) is 11.4 Å². The number of rotatable bonds is 5. The SMILES string of the molecule is Cc1ccc(-n2nc(C(=O)N/N=C\c3ccccc3O)cc2-c2cccc3ccccc23)cc1. The van der Waals surface area contributed by atoms with Crippen molar-refractivity contribution in [3.8, 4) is 22.7 Å². The summed E-state index contributed by atoms with van der Waals surface area (Å²) in [6.45, 7) is 2.03. The number of phenols is 1. The van der Waals surface area contributed by atoms with Crippen molar-refractivity contribution in [2.24, 2.45) is 5.10 Å². The largest absolute Gasteiger partial charge is 0.507 e. The Hall–Kier alpha value is -4.71. The van der Waals surface area contributed by atoms with Crippen LogP contribution in [0.2, 0.25) is 0 Å². The minimum absolute atomic E-state index is 0.0855. The van der Waals surface area contributed by atoms with Crippen molar-refractivity contribution >= 4 is 22.9 Å². The van der Waals surface area contributed by atoms with Gasteiger partial charge in [0.25, 0.3) is 5.91 Å². The second-order valence-corrected chi connectivity index (χ2v) is 7.95. The van der Waals surface area contributed by atoms with Gasteiger partial charge < -0.3 is 5.11 Å². The number of phenolic OH excluding ortho intramolecular Hbond substituents is 1. The number of hydrazone groups is 1. The van der Waals surface area contributed by atoms with Gasteiger partial charge in [-0.15, -0.1) is 0 Å². The molecule has 0 fully saturated rings. The molecule has 1 amide bonds. The van der Waals surface area contributed by atoms with E-state index in [1.54, 1.807) is 35.0 Å². The fraction of sp³-hybridized carbons (Fsp3) is 0.0357. The number of nitrogens with zero attached hydrogens (tertiary/aromatic N) is 3. The van der Waals surface area contributed by atoms with E-state index in [1.807, 2.05) is 55.5 Å².